The van der Waals surface area contributed by atoms with Crippen LogP contribution in [0.15, 0.2) is 12.1 Å². The Morgan fingerprint density at radius 1 is 0.645 bits per heavy atom. The molecule has 0 heterocycles. The van der Waals surface area contributed by atoms with Crippen LogP contribution in [-0.4, -0.2) is 0 Å². The Bertz CT molecular complexity index is 617. The van der Waals surface area contributed by atoms with E-state index in [1.807, 2.05) is 0 Å². The summed E-state index contributed by atoms with van der Waals surface area (Å²) >= 11 is 0. The van der Waals surface area contributed by atoms with Crippen LogP contribution in [0.25, 0.3) is 0 Å². The van der Waals surface area contributed by atoms with E-state index in [1.54, 1.807) is 0 Å². The number of halogens is 3. The van der Waals surface area contributed by atoms with E-state index in [0.717, 1.165) is 43.4 Å². The van der Waals surface area contributed by atoms with Crippen molar-refractivity contribution in [3.63, 3.8) is 0 Å². The first-order valence-corrected chi connectivity index (χ1v) is 13.2. The molecule has 0 radical (unpaired) electrons. The lowest BCUT2D eigenvalue weighted by Gasteiger charge is -2.38. The number of benzene rings is 1. The zero-order valence-corrected chi connectivity index (χ0v) is 19.6. The minimum absolute atomic E-state index is 0.180. The third kappa shape index (κ3) is 7.53. The molecule has 0 unspecified atom stereocenters. The smallest absolute Gasteiger partial charge is 0.194 e. The minimum Gasteiger partial charge on any atom is -0.204 e. The molecule has 3 rings (SSSR count). The molecule has 2 fully saturated rings. The second-order valence-electron chi connectivity index (χ2n) is 10.5. The van der Waals surface area contributed by atoms with Crippen molar-refractivity contribution in [1.29, 1.82) is 0 Å². The molecule has 2 aliphatic rings. The normalized spacial score (nSPS) is 26.8. The van der Waals surface area contributed by atoms with Gasteiger partial charge in [-0.2, -0.15) is 0 Å². The Kier molecular flexibility index (Phi) is 10.3. The van der Waals surface area contributed by atoms with Crippen LogP contribution in [0.3, 0.4) is 0 Å². The van der Waals surface area contributed by atoms with E-state index in [1.165, 1.54) is 95.6 Å². The highest BCUT2D eigenvalue weighted by Crippen LogP contribution is 2.44. The van der Waals surface area contributed by atoms with Crippen molar-refractivity contribution >= 4 is 0 Å². The standard InChI is InChI=1S/C28H43F3/c1-2-3-4-5-6-7-8-9-10-21-11-13-22(14-12-21)23-15-17-24(18-16-23)25-19-26(29)28(31)27(30)20-25/h19-24H,2-18H2,1H3/t21-,22-,23?,24?. The summed E-state index contributed by atoms with van der Waals surface area (Å²) in [6.45, 7) is 2.28. The monoisotopic (exact) mass is 436 g/mol. The molecule has 0 saturated heterocycles. The van der Waals surface area contributed by atoms with Gasteiger partial charge >= 0.3 is 0 Å². The summed E-state index contributed by atoms with van der Waals surface area (Å²) < 4.78 is 40.4. The van der Waals surface area contributed by atoms with Crippen molar-refractivity contribution in [2.45, 2.75) is 122 Å². The lowest BCUT2D eigenvalue weighted by molar-refractivity contribution is 0.155. The number of unbranched alkanes of at least 4 members (excludes halogenated alkanes) is 7. The van der Waals surface area contributed by atoms with Gasteiger partial charge in [0.1, 0.15) is 0 Å². The first-order valence-electron chi connectivity index (χ1n) is 13.2. The first-order chi connectivity index (χ1) is 15.1. The van der Waals surface area contributed by atoms with Crippen LogP contribution in [0, 0.1) is 35.2 Å². The van der Waals surface area contributed by atoms with Gasteiger partial charge in [-0.15, -0.1) is 0 Å². The summed E-state index contributed by atoms with van der Waals surface area (Å²) in [6.07, 6.45) is 22.5. The lowest BCUT2D eigenvalue weighted by Crippen LogP contribution is -2.25. The fourth-order valence-corrected chi connectivity index (χ4v) is 6.25. The van der Waals surface area contributed by atoms with Crippen molar-refractivity contribution in [1.82, 2.24) is 0 Å². The molecule has 0 aliphatic heterocycles. The molecule has 2 aliphatic carbocycles. The van der Waals surface area contributed by atoms with E-state index < -0.39 is 17.5 Å². The largest absolute Gasteiger partial charge is 0.204 e. The second kappa shape index (κ2) is 12.9. The Morgan fingerprint density at radius 2 is 1.13 bits per heavy atom. The van der Waals surface area contributed by atoms with Crippen LogP contribution in [0.4, 0.5) is 13.2 Å². The van der Waals surface area contributed by atoms with Crippen molar-refractivity contribution in [2.75, 3.05) is 0 Å². The molecule has 2 saturated carbocycles. The Labute approximate surface area is 188 Å². The fourth-order valence-electron chi connectivity index (χ4n) is 6.25. The molecule has 0 N–H and O–H groups in total. The Balaban J connectivity index is 1.30. The molecule has 0 spiro atoms. The van der Waals surface area contributed by atoms with Crippen molar-refractivity contribution in [3.05, 3.63) is 35.1 Å². The van der Waals surface area contributed by atoms with E-state index >= 15 is 0 Å². The van der Waals surface area contributed by atoms with Gasteiger partial charge in [0.05, 0.1) is 0 Å². The summed E-state index contributed by atoms with van der Waals surface area (Å²) in [6, 6.07) is 2.42. The van der Waals surface area contributed by atoms with Crippen LogP contribution in [0.2, 0.25) is 0 Å². The summed E-state index contributed by atoms with van der Waals surface area (Å²) in [5.74, 6) is -0.704. The number of rotatable bonds is 11. The SMILES string of the molecule is CCCCCCCCCC[C@H]1CC[C@H](C2CCC(c3cc(F)c(F)c(F)c3)CC2)CC1. The van der Waals surface area contributed by atoms with Gasteiger partial charge in [-0.3, -0.25) is 0 Å². The average molecular weight is 437 g/mol. The quantitative estimate of drug-likeness (QED) is 0.239. The summed E-state index contributed by atoms with van der Waals surface area (Å²) in [5, 5.41) is 0. The van der Waals surface area contributed by atoms with Gasteiger partial charge in [0, 0.05) is 0 Å². The summed E-state index contributed by atoms with van der Waals surface area (Å²) in [7, 11) is 0. The molecule has 176 valence electrons. The van der Waals surface area contributed by atoms with E-state index in [-0.39, 0.29) is 5.92 Å². The van der Waals surface area contributed by atoms with Crippen molar-refractivity contribution < 1.29 is 13.2 Å². The molecule has 0 amide bonds. The van der Waals surface area contributed by atoms with Gasteiger partial charge in [0.25, 0.3) is 0 Å². The Morgan fingerprint density at radius 3 is 1.68 bits per heavy atom. The van der Waals surface area contributed by atoms with E-state index in [0.29, 0.717) is 5.56 Å². The lowest BCUT2D eigenvalue weighted by atomic mass is 9.68. The predicted octanol–water partition coefficient (Wildman–Crippen LogP) is 9.71. The molecule has 1 aromatic rings. The highest BCUT2D eigenvalue weighted by atomic mass is 19.2. The third-order valence-electron chi connectivity index (χ3n) is 8.27. The highest BCUT2D eigenvalue weighted by Gasteiger charge is 2.31. The summed E-state index contributed by atoms with van der Waals surface area (Å²) in [5.41, 5.74) is 0.643. The fraction of sp³-hybridized carbons (Fsp3) is 0.786. The van der Waals surface area contributed by atoms with Crippen LogP contribution in [0.5, 0.6) is 0 Å². The maximum absolute atomic E-state index is 13.6. The number of hydrogen-bond donors (Lipinski definition) is 0. The van der Waals surface area contributed by atoms with E-state index in [9.17, 15) is 13.2 Å². The molecular weight excluding hydrogens is 393 g/mol. The van der Waals surface area contributed by atoms with Crippen LogP contribution < -0.4 is 0 Å². The Hall–Kier alpha value is -0.990. The van der Waals surface area contributed by atoms with E-state index in [4.69, 9.17) is 0 Å². The topological polar surface area (TPSA) is 0 Å². The molecular formula is C28H43F3. The highest BCUT2D eigenvalue weighted by molar-refractivity contribution is 5.23. The first kappa shape index (κ1) is 24.6. The second-order valence-corrected chi connectivity index (χ2v) is 10.5. The number of hydrogen-bond acceptors (Lipinski definition) is 0. The third-order valence-corrected chi connectivity index (χ3v) is 8.27. The molecule has 0 bridgehead atoms. The molecule has 0 nitrogen and oxygen atoms in total. The van der Waals surface area contributed by atoms with Gasteiger partial charge in [-0.05, 0) is 79.9 Å². The van der Waals surface area contributed by atoms with Crippen molar-refractivity contribution in [2.24, 2.45) is 17.8 Å². The summed E-state index contributed by atoms with van der Waals surface area (Å²) in [4.78, 5) is 0. The van der Waals surface area contributed by atoms with Crippen LogP contribution in [0.1, 0.15) is 128 Å². The zero-order valence-electron chi connectivity index (χ0n) is 19.6. The van der Waals surface area contributed by atoms with E-state index in [2.05, 4.69) is 6.92 Å². The van der Waals surface area contributed by atoms with Crippen LogP contribution >= 0.6 is 0 Å². The molecule has 1 aromatic carbocycles. The predicted molar refractivity (Wildman–Crippen MR) is 124 cm³/mol. The zero-order chi connectivity index (χ0) is 22.1. The average Bonchev–Trinajstić information content (AvgIpc) is 2.79. The maximum atomic E-state index is 13.6. The minimum atomic E-state index is -1.35. The van der Waals surface area contributed by atoms with Gasteiger partial charge < -0.3 is 0 Å². The molecule has 0 atom stereocenters. The molecule has 3 heteroatoms. The molecule has 31 heavy (non-hydrogen) atoms. The van der Waals surface area contributed by atoms with Gasteiger partial charge in [0.15, 0.2) is 17.5 Å². The van der Waals surface area contributed by atoms with Crippen LogP contribution in [-0.2, 0) is 0 Å². The van der Waals surface area contributed by atoms with Gasteiger partial charge in [-0.1, -0.05) is 77.6 Å². The van der Waals surface area contributed by atoms with Gasteiger partial charge in [0.2, 0.25) is 0 Å². The molecule has 0 aromatic heterocycles. The van der Waals surface area contributed by atoms with Crippen molar-refractivity contribution in [3.8, 4) is 0 Å². The van der Waals surface area contributed by atoms with Gasteiger partial charge in [-0.25, -0.2) is 13.2 Å². The maximum Gasteiger partial charge on any atom is 0.194 e.